The highest BCUT2D eigenvalue weighted by Crippen LogP contribution is 2.34. The molecule has 4 aromatic rings. The van der Waals surface area contributed by atoms with Gasteiger partial charge in [0.2, 0.25) is 0 Å². The molecule has 0 saturated heterocycles. The lowest BCUT2D eigenvalue weighted by Gasteiger charge is -2.05. The second-order valence-corrected chi connectivity index (χ2v) is 7.03. The molecule has 5 nitrogen and oxygen atoms in total. The summed E-state index contributed by atoms with van der Waals surface area (Å²) >= 11 is 1.64. The summed E-state index contributed by atoms with van der Waals surface area (Å²) in [5.41, 5.74) is 0.691. The lowest BCUT2D eigenvalue weighted by molar-refractivity contribution is 0.310. The third-order valence-corrected chi connectivity index (χ3v) is 5.08. The fraction of sp³-hybridized carbons (Fsp3) is 0.150. The first-order valence-electron chi connectivity index (χ1n) is 8.05. The molecule has 0 atom stereocenters. The maximum atomic E-state index is 11.9. The summed E-state index contributed by atoms with van der Waals surface area (Å²) in [5.74, 6) is 1.24. The van der Waals surface area contributed by atoms with Crippen LogP contribution in [0.5, 0.6) is 11.5 Å². The quantitative estimate of drug-likeness (QED) is 0.548. The third kappa shape index (κ3) is 2.88. The minimum absolute atomic E-state index is 0.0725. The molecule has 3 aromatic heterocycles. The summed E-state index contributed by atoms with van der Waals surface area (Å²) in [4.78, 5) is 13.0. The maximum absolute atomic E-state index is 11.9. The Labute approximate surface area is 153 Å². The number of hydrogen-bond donors (Lipinski definition) is 1. The highest BCUT2D eigenvalue weighted by Gasteiger charge is 2.18. The normalized spacial score (nSPS) is 11.2. The maximum Gasteiger partial charge on any atom is 0.343 e. The molecule has 132 valence electrons. The lowest BCUT2D eigenvalue weighted by atomic mass is 10.1. The molecule has 0 fully saturated rings. The highest BCUT2D eigenvalue weighted by molar-refractivity contribution is 7.09. The first kappa shape index (κ1) is 16.5. The van der Waals surface area contributed by atoms with Crippen LogP contribution in [0.15, 0.2) is 55.4 Å². The predicted molar refractivity (Wildman–Crippen MR) is 100.0 cm³/mol. The molecule has 4 rings (SSSR count). The largest absolute Gasteiger partial charge is 0.507 e. The zero-order chi connectivity index (χ0) is 18.3. The second kappa shape index (κ2) is 6.38. The number of thiophene rings is 1. The van der Waals surface area contributed by atoms with E-state index in [-0.39, 0.29) is 17.1 Å². The van der Waals surface area contributed by atoms with Crippen molar-refractivity contribution >= 4 is 22.3 Å². The summed E-state index contributed by atoms with van der Waals surface area (Å²) in [5, 5.41) is 12.9. The molecule has 1 aromatic carbocycles. The highest BCUT2D eigenvalue weighted by atomic mass is 32.1. The van der Waals surface area contributed by atoms with Crippen molar-refractivity contribution in [1.29, 1.82) is 0 Å². The van der Waals surface area contributed by atoms with Crippen LogP contribution >= 0.6 is 11.3 Å². The van der Waals surface area contributed by atoms with Gasteiger partial charge in [-0.2, -0.15) is 0 Å². The molecule has 3 heterocycles. The minimum atomic E-state index is -0.580. The van der Waals surface area contributed by atoms with E-state index in [1.807, 2.05) is 29.6 Å². The first-order chi connectivity index (χ1) is 12.5. The Morgan fingerprint density at radius 2 is 1.96 bits per heavy atom. The van der Waals surface area contributed by atoms with Gasteiger partial charge in [-0.05, 0) is 43.5 Å². The average Bonchev–Trinajstić information content (AvgIpc) is 3.30. The molecule has 0 spiro atoms. The van der Waals surface area contributed by atoms with Gasteiger partial charge in [0, 0.05) is 21.9 Å². The molecule has 0 aliphatic heterocycles. The van der Waals surface area contributed by atoms with E-state index in [2.05, 4.69) is 0 Å². The fourth-order valence-corrected chi connectivity index (χ4v) is 3.34. The van der Waals surface area contributed by atoms with Gasteiger partial charge in [-0.1, -0.05) is 6.07 Å². The smallest absolute Gasteiger partial charge is 0.343 e. The van der Waals surface area contributed by atoms with E-state index in [0.29, 0.717) is 29.3 Å². The van der Waals surface area contributed by atoms with Crippen LogP contribution in [-0.2, 0) is 6.61 Å². The summed E-state index contributed by atoms with van der Waals surface area (Å²) in [6.07, 6.45) is 0. The molecule has 0 aliphatic carbocycles. The van der Waals surface area contributed by atoms with Crippen molar-refractivity contribution in [1.82, 2.24) is 0 Å². The van der Waals surface area contributed by atoms with Crippen molar-refractivity contribution in [3.8, 4) is 23.0 Å². The van der Waals surface area contributed by atoms with Gasteiger partial charge >= 0.3 is 5.63 Å². The molecule has 26 heavy (non-hydrogen) atoms. The van der Waals surface area contributed by atoms with Crippen LogP contribution in [0, 0.1) is 13.8 Å². The van der Waals surface area contributed by atoms with Crippen molar-refractivity contribution in [2.45, 2.75) is 20.5 Å². The van der Waals surface area contributed by atoms with Crippen molar-refractivity contribution in [3.63, 3.8) is 0 Å². The van der Waals surface area contributed by atoms with E-state index >= 15 is 0 Å². The van der Waals surface area contributed by atoms with Crippen LogP contribution in [0.2, 0.25) is 0 Å². The second-order valence-electron chi connectivity index (χ2n) is 6.00. The number of ether oxygens (including phenoxy) is 1. The molecular weight excluding hydrogens is 352 g/mol. The Kier molecular flexibility index (Phi) is 4.05. The van der Waals surface area contributed by atoms with Gasteiger partial charge in [0.1, 0.15) is 23.7 Å². The molecule has 0 aliphatic rings. The standard InChI is InChI=1S/C20H16O5S/c1-11-18(21)12(2)20(22)25-19(11)17-8-13-5-6-14(9-16(13)24-17)23-10-15-4-3-7-26-15/h3-9,21H,10H2,1-2H3. The Hall–Kier alpha value is -2.99. The number of furan rings is 1. The van der Waals surface area contributed by atoms with E-state index in [1.165, 1.54) is 6.92 Å². The molecule has 0 amide bonds. The van der Waals surface area contributed by atoms with E-state index < -0.39 is 5.63 Å². The number of rotatable bonds is 4. The van der Waals surface area contributed by atoms with Crippen LogP contribution in [-0.4, -0.2) is 5.11 Å². The molecule has 0 saturated carbocycles. The molecule has 0 unspecified atom stereocenters. The van der Waals surface area contributed by atoms with Gasteiger partial charge < -0.3 is 18.7 Å². The summed E-state index contributed by atoms with van der Waals surface area (Å²) in [6.45, 7) is 3.70. The fourth-order valence-electron chi connectivity index (χ4n) is 2.73. The van der Waals surface area contributed by atoms with Crippen molar-refractivity contribution in [2.24, 2.45) is 0 Å². The van der Waals surface area contributed by atoms with Crippen molar-refractivity contribution < 1.29 is 18.7 Å². The van der Waals surface area contributed by atoms with E-state index in [1.54, 1.807) is 30.4 Å². The van der Waals surface area contributed by atoms with E-state index in [9.17, 15) is 9.90 Å². The number of aromatic hydroxyl groups is 1. The van der Waals surface area contributed by atoms with Crippen molar-refractivity contribution in [2.75, 3.05) is 0 Å². The van der Waals surface area contributed by atoms with Gasteiger partial charge in [-0.15, -0.1) is 11.3 Å². The topological polar surface area (TPSA) is 72.8 Å². The van der Waals surface area contributed by atoms with Crippen LogP contribution < -0.4 is 10.4 Å². The summed E-state index contributed by atoms with van der Waals surface area (Å²) in [6, 6.07) is 11.3. The van der Waals surface area contributed by atoms with E-state index in [4.69, 9.17) is 13.6 Å². The van der Waals surface area contributed by atoms with Gasteiger partial charge in [0.05, 0.1) is 5.56 Å². The van der Waals surface area contributed by atoms with Crippen LogP contribution in [0.1, 0.15) is 16.0 Å². The Morgan fingerprint density at radius 3 is 2.73 bits per heavy atom. The zero-order valence-electron chi connectivity index (χ0n) is 14.2. The monoisotopic (exact) mass is 368 g/mol. The Bertz CT molecular complexity index is 1140. The number of fused-ring (bicyclic) bond motifs is 1. The summed E-state index contributed by atoms with van der Waals surface area (Å²) < 4.78 is 17.0. The van der Waals surface area contributed by atoms with Crippen LogP contribution in [0.4, 0.5) is 0 Å². The first-order valence-corrected chi connectivity index (χ1v) is 8.93. The van der Waals surface area contributed by atoms with Crippen molar-refractivity contribution in [3.05, 3.63) is 68.2 Å². The number of benzene rings is 1. The van der Waals surface area contributed by atoms with Gasteiger partial charge in [0.25, 0.3) is 0 Å². The molecule has 0 bridgehead atoms. The van der Waals surface area contributed by atoms with Gasteiger partial charge in [-0.25, -0.2) is 4.79 Å². The molecule has 6 heteroatoms. The molecule has 1 N–H and O–H groups in total. The lowest BCUT2D eigenvalue weighted by Crippen LogP contribution is -2.05. The predicted octanol–water partition coefficient (Wildman–Crippen LogP) is 5.02. The minimum Gasteiger partial charge on any atom is -0.507 e. The van der Waals surface area contributed by atoms with Crippen LogP contribution in [0.25, 0.3) is 22.5 Å². The van der Waals surface area contributed by atoms with Gasteiger partial charge in [-0.3, -0.25) is 0 Å². The SMILES string of the molecule is Cc1c(-c2cc3ccc(OCc4cccs4)cc3o2)oc(=O)c(C)c1O. The number of hydrogen-bond acceptors (Lipinski definition) is 6. The third-order valence-electron chi connectivity index (χ3n) is 4.23. The Morgan fingerprint density at radius 1 is 1.12 bits per heavy atom. The van der Waals surface area contributed by atoms with Gasteiger partial charge in [0.15, 0.2) is 11.5 Å². The Balaban J connectivity index is 1.69. The molecular formula is C20H16O5S. The summed E-state index contributed by atoms with van der Waals surface area (Å²) in [7, 11) is 0. The zero-order valence-corrected chi connectivity index (χ0v) is 15.1. The van der Waals surface area contributed by atoms with Crippen LogP contribution in [0.3, 0.4) is 0 Å². The average molecular weight is 368 g/mol. The molecule has 0 radical (unpaired) electrons. The van der Waals surface area contributed by atoms with E-state index in [0.717, 1.165) is 10.3 Å².